The molecule has 0 aliphatic carbocycles. The van der Waals surface area contributed by atoms with Crippen LogP contribution in [-0.2, 0) is 22.3 Å². The van der Waals surface area contributed by atoms with Crippen molar-refractivity contribution in [3.05, 3.63) is 65.7 Å². The fourth-order valence-electron chi connectivity index (χ4n) is 4.01. The number of hydrogen-bond acceptors (Lipinski definition) is 4. The van der Waals surface area contributed by atoms with Gasteiger partial charge in [0.2, 0.25) is 10.0 Å². The summed E-state index contributed by atoms with van der Waals surface area (Å²) in [6, 6.07) is 15.4. The highest BCUT2D eigenvalue weighted by Gasteiger charge is 2.44. The molecule has 0 aromatic heterocycles. The van der Waals surface area contributed by atoms with Crippen LogP contribution in [0.2, 0.25) is 0 Å². The maximum Gasteiger partial charge on any atom is 0.280 e. The Morgan fingerprint density at radius 2 is 1.75 bits per heavy atom. The van der Waals surface area contributed by atoms with Crippen LogP contribution in [0.1, 0.15) is 37.8 Å². The topological polar surface area (TPSA) is 52.6 Å². The minimum absolute atomic E-state index is 0.0426. The molecule has 1 N–H and O–H groups in total. The van der Waals surface area contributed by atoms with Gasteiger partial charge in [0.05, 0.1) is 18.3 Å². The van der Waals surface area contributed by atoms with Crippen molar-refractivity contribution >= 4 is 15.7 Å². The van der Waals surface area contributed by atoms with Crippen molar-refractivity contribution < 1.29 is 17.2 Å². The molecule has 1 saturated heterocycles. The highest BCUT2D eigenvalue weighted by Crippen LogP contribution is 2.30. The van der Waals surface area contributed by atoms with Crippen LogP contribution in [0.4, 0.5) is 14.5 Å². The van der Waals surface area contributed by atoms with Gasteiger partial charge in [0.1, 0.15) is 0 Å². The van der Waals surface area contributed by atoms with Crippen LogP contribution in [0.5, 0.6) is 0 Å². The molecular formula is C24H33F2N3O2S. The van der Waals surface area contributed by atoms with Gasteiger partial charge >= 0.3 is 0 Å². The molecule has 1 atom stereocenters. The molecule has 1 fully saturated rings. The molecule has 3 rings (SSSR count). The molecule has 0 bridgehead atoms. The Labute approximate surface area is 190 Å². The number of nitrogens with zero attached hydrogens (tertiary/aromatic N) is 2. The van der Waals surface area contributed by atoms with Crippen LogP contribution in [0.25, 0.3) is 0 Å². The first-order valence-electron chi connectivity index (χ1n) is 11.2. The van der Waals surface area contributed by atoms with Gasteiger partial charge in [0.25, 0.3) is 5.92 Å². The fourth-order valence-corrected chi connectivity index (χ4v) is 5.61. The second-order valence-electron chi connectivity index (χ2n) is 8.39. The monoisotopic (exact) mass is 465 g/mol. The van der Waals surface area contributed by atoms with E-state index in [-0.39, 0.29) is 18.8 Å². The molecule has 8 heteroatoms. The minimum atomic E-state index is -3.48. The second kappa shape index (κ2) is 10.7. The molecule has 0 spiro atoms. The van der Waals surface area contributed by atoms with E-state index in [9.17, 15) is 17.2 Å². The van der Waals surface area contributed by atoms with E-state index in [0.29, 0.717) is 38.2 Å². The second-order valence-corrected chi connectivity index (χ2v) is 10.4. The van der Waals surface area contributed by atoms with Crippen LogP contribution in [-0.4, -0.2) is 55.8 Å². The van der Waals surface area contributed by atoms with Crippen LogP contribution >= 0.6 is 0 Å². The number of likely N-dealkylation sites (tertiary alicyclic amines) is 1. The minimum Gasteiger partial charge on any atom is -0.376 e. The lowest BCUT2D eigenvalue weighted by Crippen LogP contribution is -2.54. The summed E-state index contributed by atoms with van der Waals surface area (Å²) in [5.41, 5.74) is 2.20. The van der Waals surface area contributed by atoms with Crippen LogP contribution in [0, 0.1) is 0 Å². The Morgan fingerprint density at radius 1 is 1.06 bits per heavy atom. The van der Waals surface area contributed by atoms with Gasteiger partial charge in [-0.05, 0) is 42.6 Å². The maximum absolute atomic E-state index is 14.5. The number of rotatable bonds is 10. The van der Waals surface area contributed by atoms with Crippen molar-refractivity contribution in [2.24, 2.45) is 0 Å². The Bertz CT molecular complexity index is 953. The predicted molar refractivity (Wildman–Crippen MR) is 125 cm³/mol. The number of sulfonamides is 1. The molecular weight excluding hydrogens is 432 g/mol. The lowest BCUT2D eigenvalue weighted by atomic mass is 10.00. The molecule has 176 valence electrons. The molecule has 5 nitrogen and oxygen atoms in total. The summed E-state index contributed by atoms with van der Waals surface area (Å²) in [7, 11) is -3.48. The van der Waals surface area contributed by atoms with Crippen molar-refractivity contribution in [3.8, 4) is 0 Å². The molecule has 0 amide bonds. The summed E-state index contributed by atoms with van der Waals surface area (Å²) in [6.07, 6.45) is 1.09. The van der Waals surface area contributed by atoms with Crippen molar-refractivity contribution in [3.63, 3.8) is 0 Å². The van der Waals surface area contributed by atoms with Gasteiger partial charge < -0.3 is 5.32 Å². The molecule has 1 aliphatic rings. The number of halogens is 2. The number of hydrogen-bond donors (Lipinski definition) is 1. The van der Waals surface area contributed by atoms with Crippen molar-refractivity contribution in [1.29, 1.82) is 0 Å². The fraction of sp³-hybridized carbons (Fsp3) is 0.500. The smallest absolute Gasteiger partial charge is 0.280 e. The lowest BCUT2D eigenvalue weighted by Gasteiger charge is -2.38. The third kappa shape index (κ3) is 6.49. The van der Waals surface area contributed by atoms with E-state index in [0.717, 1.165) is 11.1 Å². The summed E-state index contributed by atoms with van der Waals surface area (Å²) in [5.74, 6) is -2.84. The highest BCUT2D eigenvalue weighted by atomic mass is 32.2. The van der Waals surface area contributed by atoms with E-state index in [4.69, 9.17) is 0 Å². The molecule has 1 aliphatic heterocycles. The van der Waals surface area contributed by atoms with Crippen molar-refractivity contribution in [2.45, 2.75) is 51.0 Å². The quantitative estimate of drug-likeness (QED) is 0.559. The molecule has 0 unspecified atom stereocenters. The molecule has 2 aromatic rings. The highest BCUT2D eigenvalue weighted by molar-refractivity contribution is 7.88. The average Bonchev–Trinajstić information content (AvgIpc) is 2.76. The first kappa shape index (κ1) is 24.6. The molecule has 0 saturated carbocycles. The number of nitrogens with one attached hydrogen (secondary N) is 1. The van der Waals surface area contributed by atoms with E-state index in [1.54, 1.807) is 17.0 Å². The zero-order valence-electron chi connectivity index (χ0n) is 18.8. The van der Waals surface area contributed by atoms with Crippen molar-refractivity contribution in [1.82, 2.24) is 9.21 Å². The summed E-state index contributed by atoms with van der Waals surface area (Å²) < 4.78 is 56.4. The molecule has 1 heterocycles. The van der Waals surface area contributed by atoms with Gasteiger partial charge in [-0.2, -0.15) is 4.31 Å². The summed E-state index contributed by atoms with van der Waals surface area (Å²) in [5, 5.41) is 2.98. The Morgan fingerprint density at radius 3 is 2.34 bits per heavy atom. The Hall–Kier alpha value is -2.03. The number of alkyl halides is 2. The number of piperidine rings is 1. The van der Waals surface area contributed by atoms with Gasteiger partial charge in [0.15, 0.2) is 0 Å². The number of benzene rings is 2. The third-order valence-electron chi connectivity index (χ3n) is 5.84. The molecule has 2 aromatic carbocycles. The first-order valence-corrected chi connectivity index (χ1v) is 12.8. The summed E-state index contributed by atoms with van der Waals surface area (Å²) in [6.45, 7) is 5.56. The van der Waals surface area contributed by atoms with E-state index >= 15 is 0 Å². The van der Waals surface area contributed by atoms with Crippen LogP contribution in [0.3, 0.4) is 0 Å². The lowest BCUT2D eigenvalue weighted by molar-refractivity contribution is -0.0724. The SMILES string of the molecule is CCCN(Cc1ccc(N[C@H]2CCN(CC)CC2(F)F)cc1)S(=O)(=O)Cc1ccccc1. The third-order valence-corrected chi connectivity index (χ3v) is 7.63. The maximum atomic E-state index is 14.5. The predicted octanol–water partition coefficient (Wildman–Crippen LogP) is 4.57. The van der Waals surface area contributed by atoms with E-state index in [2.05, 4.69) is 5.32 Å². The molecule has 32 heavy (non-hydrogen) atoms. The van der Waals surface area contributed by atoms with Gasteiger partial charge in [-0.15, -0.1) is 0 Å². The van der Waals surface area contributed by atoms with E-state index in [1.807, 2.05) is 56.3 Å². The normalized spacial score (nSPS) is 19.2. The Kier molecular flexibility index (Phi) is 8.25. The van der Waals surface area contributed by atoms with Gasteiger partial charge in [-0.3, -0.25) is 4.90 Å². The van der Waals surface area contributed by atoms with E-state index < -0.39 is 22.0 Å². The zero-order chi connectivity index (χ0) is 23.2. The van der Waals surface area contributed by atoms with Gasteiger partial charge in [-0.1, -0.05) is 56.3 Å². The summed E-state index contributed by atoms with van der Waals surface area (Å²) >= 11 is 0. The zero-order valence-corrected chi connectivity index (χ0v) is 19.6. The van der Waals surface area contributed by atoms with Gasteiger partial charge in [-0.25, -0.2) is 17.2 Å². The van der Waals surface area contributed by atoms with Gasteiger partial charge in [0, 0.05) is 25.3 Å². The molecule has 0 radical (unpaired) electrons. The first-order chi connectivity index (χ1) is 15.2. The standard InChI is InChI=1S/C24H33F2N3O2S/c1-3-15-29(32(30,31)18-21-8-6-5-7-9-21)17-20-10-12-22(13-11-20)27-23-14-16-28(4-2)19-24(23,25)26/h5-13,23,27H,3-4,14-19H2,1-2H3/t23-/m0/s1. The largest absolute Gasteiger partial charge is 0.376 e. The Balaban J connectivity index is 1.65. The van der Waals surface area contributed by atoms with Crippen molar-refractivity contribution in [2.75, 3.05) is 31.5 Å². The van der Waals surface area contributed by atoms with E-state index in [1.165, 1.54) is 4.31 Å². The van der Waals surface area contributed by atoms with Crippen LogP contribution in [0.15, 0.2) is 54.6 Å². The van der Waals surface area contributed by atoms with Crippen LogP contribution < -0.4 is 5.32 Å². The number of anilines is 1. The average molecular weight is 466 g/mol. The summed E-state index contributed by atoms with van der Waals surface area (Å²) in [4.78, 5) is 1.76.